The van der Waals surface area contributed by atoms with Gasteiger partial charge in [-0.25, -0.2) is 9.97 Å². The monoisotopic (exact) mass is 477 g/mol. The summed E-state index contributed by atoms with van der Waals surface area (Å²) in [6, 6.07) is 1.43. The van der Waals surface area contributed by atoms with Gasteiger partial charge in [-0.15, -0.1) is 5.10 Å². The van der Waals surface area contributed by atoms with Crippen molar-refractivity contribution in [3.05, 3.63) is 35.2 Å². The molecule has 1 aromatic carbocycles. The largest absolute Gasteiger partial charge is 0.507 e. The molecule has 2 aromatic heterocycles. The molecule has 1 aliphatic rings. The number of carbonyl (C=O) groups is 1. The summed E-state index contributed by atoms with van der Waals surface area (Å²) in [5.74, 6) is -0.497. The van der Waals surface area contributed by atoms with Gasteiger partial charge < -0.3 is 15.1 Å². The molecule has 0 spiro atoms. The number of phenolic OH excluding ortho intramolecular Hbond substituents is 1. The van der Waals surface area contributed by atoms with Gasteiger partial charge in [0.25, 0.3) is 0 Å². The van der Waals surface area contributed by atoms with E-state index in [1.807, 2.05) is 13.8 Å². The van der Waals surface area contributed by atoms with Crippen LogP contribution in [-0.4, -0.2) is 53.4 Å². The van der Waals surface area contributed by atoms with Crippen LogP contribution in [0.25, 0.3) is 22.4 Å². The standard InChI is InChI=1S/C23H26F3N5O3/c1-11(2)30-10-15(5-6-18(30)34)31-21(13(4)32)20-22(29-31)28-16(9-27-20)19-12(3)7-14(8-17(19)33)23(24,25)26/h7-9,11,13,15,32-33H,5-6,10H2,1-4H3/t13-,15+/m0/s1. The number of aromatic nitrogens is 4. The lowest BCUT2D eigenvalue weighted by Gasteiger charge is -2.36. The molecular weight excluding hydrogens is 451 g/mol. The van der Waals surface area contributed by atoms with Gasteiger partial charge in [-0.2, -0.15) is 13.2 Å². The Morgan fingerprint density at radius 2 is 1.91 bits per heavy atom. The maximum Gasteiger partial charge on any atom is 0.416 e. The highest BCUT2D eigenvalue weighted by molar-refractivity contribution is 5.80. The molecule has 1 saturated heterocycles. The van der Waals surface area contributed by atoms with E-state index in [4.69, 9.17) is 0 Å². The van der Waals surface area contributed by atoms with Crippen LogP contribution in [0.2, 0.25) is 0 Å². The summed E-state index contributed by atoms with van der Waals surface area (Å²) in [7, 11) is 0. The van der Waals surface area contributed by atoms with Crippen LogP contribution in [0.1, 0.15) is 62.6 Å². The van der Waals surface area contributed by atoms with Gasteiger partial charge in [0.15, 0.2) is 0 Å². The summed E-state index contributed by atoms with van der Waals surface area (Å²) < 4.78 is 40.9. The molecule has 2 atom stereocenters. The molecule has 2 N–H and O–H groups in total. The molecule has 1 fully saturated rings. The van der Waals surface area contributed by atoms with Gasteiger partial charge in [0.1, 0.15) is 11.3 Å². The van der Waals surface area contributed by atoms with Gasteiger partial charge in [-0.1, -0.05) is 0 Å². The molecule has 1 amide bonds. The van der Waals surface area contributed by atoms with Crippen LogP contribution in [0.15, 0.2) is 18.3 Å². The summed E-state index contributed by atoms with van der Waals surface area (Å²) in [6.45, 7) is 7.33. The molecule has 34 heavy (non-hydrogen) atoms. The quantitative estimate of drug-likeness (QED) is 0.585. The third-order valence-corrected chi connectivity index (χ3v) is 6.13. The van der Waals surface area contributed by atoms with Crippen molar-refractivity contribution in [1.29, 1.82) is 0 Å². The lowest BCUT2D eigenvalue weighted by molar-refractivity contribution is -0.138. The van der Waals surface area contributed by atoms with Crippen molar-refractivity contribution in [3.63, 3.8) is 0 Å². The van der Waals surface area contributed by atoms with Crippen molar-refractivity contribution in [2.45, 2.75) is 64.9 Å². The van der Waals surface area contributed by atoms with Crippen molar-refractivity contribution >= 4 is 17.1 Å². The van der Waals surface area contributed by atoms with Gasteiger partial charge >= 0.3 is 6.18 Å². The Bertz CT molecular complexity index is 1230. The molecule has 11 heteroatoms. The van der Waals surface area contributed by atoms with E-state index in [0.29, 0.717) is 36.7 Å². The number of carbonyl (C=O) groups excluding carboxylic acids is 1. The minimum atomic E-state index is -4.59. The van der Waals surface area contributed by atoms with Crippen LogP contribution >= 0.6 is 0 Å². The first-order chi connectivity index (χ1) is 15.9. The van der Waals surface area contributed by atoms with E-state index >= 15 is 0 Å². The number of aliphatic hydroxyl groups excluding tert-OH is 1. The van der Waals surface area contributed by atoms with Crippen LogP contribution < -0.4 is 0 Å². The fourth-order valence-corrected chi connectivity index (χ4v) is 4.50. The van der Waals surface area contributed by atoms with Crippen molar-refractivity contribution in [3.8, 4) is 17.0 Å². The van der Waals surface area contributed by atoms with E-state index in [0.717, 1.165) is 6.07 Å². The van der Waals surface area contributed by atoms with Gasteiger partial charge in [-0.3, -0.25) is 9.48 Å². The minimum absolute atomic E-state index is 0.0174. The van der Waals surface area contributed by atoms with E-state index in [9.17, 15) is 28.2 Å². The number of nitrogens with zero attached hydrogens (tertiary/aromatic N) is 5. The Morgan fingerprint density at radius 3 is 2.50 bits per heavy atom. The number of aliphatic hydroxyl groups is 1. The topological polar surface area (TPSA) is 104 Å². The SMILES string of the molecule is Cc1cc(C(F)(F)F)cc(O)c1-c1cnc2c([C@H](C)O)n([C@@H]3CCC(=O)N(C(C)C)C3)nc2n1. The molecule has 0 aliphatic carbocycles. The first-order valence-electron chi connectivity index (χ1n) is 11.0. The molecule has 3 heterocycles. The number of benzene rings is 1. The Balaban J connectivity index is 1.80. The zero-order valence-electron chi connectivity index (χ0n) is 19.3. The summed E-state index contributed by atoms with van der Waals surface area (Å²) in [4.78, 5) is 22.9. The normalized spacial score (nSPS) is 18.2. The van der Waals surface area contributed by atoms with Crippen molar-refractivity contribution in [2.75, 3.05) is 6.54 Å². The van der Waals surface area contributed by atoms with Crippen molar-refractivity contribution in [2.24, 2.45) is 0 Å². The maximum atomic E-state index is 13.1. The fourth-order valence-electron chi connectivity index (χ4n) is 4.50. The highest BCUT2D eigenvalue weighted by atomic mass is 19.4. The van der Waals surface area contributed by atoms with Crippen LogP contribution in [0, 0.1) is 6.92 Å². The average Bonchev–Trinajstić information content (AvgIpc) is 3.11. The van der Waals surface area contributed by atoms with Crippen LogP contribution in [0.5, 0.6) is 5.75 Å². The number of halogens is 3. The number of rotatable bonds is 4. The van der Waals surface area contributed by atoms with Crippen LogP contribution in [-0.2, 0) is 11.0 Å². The molecule has 4 rings (SSSR count). The number of hydrogen-bond acceptors (Lipinski definition) is 6. The van der Waals surface area contributed by atoms with Crippen molar-refractivity contribution in [1.82, 2.24) is 24.6 Å². The Labute approximate surface area is 194 Å². The molecular formula is C23H26F3N5O3. The second kappa shape index (κ2) is 8.53. The van der Waals surface area contributed by atoms with Crippen LogP contribution in [0.4, 0.5) is 13.2 Å². The number of alkyl halides is 3. The van der Waals surface area contributed by atoms with Crippen LogP contribution in [0.3, 0.4) is 0 Å². The van der Waals surface area contributed by atoms with E-state index in [1.54, 1.807) is 16.5 Å². The van der Waals surface area contributed by atoms with Crippen molar-refractivity contribution < 1.29 is 28.2 Å². The van der Waals surface area contributed by atoms with E-state index in [2.05, 4.69) is 15.1 Å². The van der Waals surface area contributed by atoms with Gasteiger partial charge in [-0.05, 0) is 51.8 Å². The predicted octanol–water partition coefficient (Wildman–Crippen LogP) is 4.15. The Hall–Kier alpha value is -3.21. The zero-order valence-corrected chi connectivity index (χ0v) is 19.3. The third-order valence-electron chi connectivity index (χ3n) is 6.13. The minimum Gasteiger partial charge on any atom is -0.507 e. The molecule has 8 nitrogen and oxygen atoms in total. The third kappa shape index (κ3) is 4.20. The maximum absolute atomic E-state index is 13.1. The number of fused-ring (bicyclic) bond motifs is 1. The molecule has 3 aromatic rings. The van der Waals surface area contributed by atoms with Gasteiger partial charge in [0.2, 0.25) is 11.6 Å². The average molecular weight is 477 g/mol. The zero-order chi connectivity index (χ0) is 24.9. The summed E-state index contributed by atoms with van der Waals surface area (Å²) >= 11 is 0. The number of hydrogen-bond donors (Lipinski definition) is 2. The molecule has 1 aliphatic heterocycles. The molecule has 0 saturated carbocycles. The molecule has 0 radical (unpaired) electrons. The predicted molar refractivity (Wildman–Crippen MR) is 118 cm³/mol. The lowest BCUT2D eigenvalue weighted by atomic mass is 10.0. The highest BCUT2D eigenvalue weighted by Gasteiger charge is 2.34. The van der Waals surface area contributed by atoms with E-state index in [-0.39, 0.29) is 40.5 Å². The van der Waals surface area contributed by atoms with Gasteiger partial charge in [0, 0.05) is 24.6 Å². The number of phenols is 1. The number of likely N-dealkylation sites (tertiary alicyclic amines) is 1. The Morgan fingerprint density at radius 1 is 1.21 bits per heavy atom. The summed E-state index contributed by atoms with van der Waals surface area (Å²) in [5.41, 5.74) is 0.531. The molecule has 0 bridgehead atoms. The second-order valence-corrected chi connectivity index (χ2v) is 8.95. The number of amides is 1. The number of aryl methyl sites for hydroxylation is 1. The molecule has 182 valence electrons. The molecule has 0 unspecified atom stereocenters. The van der Waals surface area contributed by atoms with E-state index < -0.39 is 23.6 Å². The summed E-state index contributed by atoms with van der Waals surface area (Å²) in [6.07, 6.45) is -3.27. The van der Waals surface area contributed by atoms with Gasteiger partial charge in [0.05, 0.1) is 35.3 Å². The lowest BCUT2D eigenvalue weighted by Crippen LogP contribution is -2.45. The summed E-state index contributed by atoms with van der Waals surface area (Å²) in [5, 5.41) is 25.4. The first kappa shape index (κ1) is 23.9. The number of aromatic hydroxyl groups is 1. The smallest absolute Gasteiger partial charge is 0.416 e. The fraction of sp³-hybridized carbons (Fsp3) is 0.478. The second-order valence-electron chi connectivity index (χ2n) is 8.95. The Kier molecular flexibility index (Phi) is 6.01. The first-order valence-corrected chi connectivity index (χ1v) is 11.0. The number of piperidine rings is 1. The van der Waals surface area contributed by atoms with E-state index in [1.165, 1.54) is 13.1 Å². The highest BCUT2D eigenvalue weighted by Crippen LogP contribution is 2.39.